The topological polar surface area (TPSA) is 84.9 Å². The van der Waals surface area contributed by atoms with Crippen LogP contribution >= 0.6 is 0 Å². The molecular formula is C36H52N4O4. The summed E-state index contributed by atoms with van der Waals surface area (Å²) in [5.74, 6) is 0.502. The number of rotatable bonds is 5. The summed E-state index contributed by atoms with van der Waals surface area (Å²) in [6.45, 7) is 18.3. The molecule has 8 nitrogen and oxygen atoms in total. The zero-order chi connectivity index (χ0) is 32.3. The van der Waals surface area contributed by atoms with Crippen LogP contribution in [0.25, 0.3) is 11.6 Å². The molecule has 0 N–H and O–H groups in total. The van der Waals surface area contributed by atoms with Crippen LogP contribution in [0.4, 0.5) is 9.59 Å². The quantitative estimate of drug-likeness (QED) is 0.341. The van der Waals surface area contributed by atoms with E-state index in [1.807, 2.05) is 84.0 Å². The van der Waals surface area contributed by atoms with E-state index in [2.05, 4.69) is 41.2 Å². The summed E-state index contributed by atoms with van der Waals surface area (Å²) < 4.78 is 10.8. The fourth-order valence-electron chi connectivity index (χ4n) is 5.09. The number of likely N-dealkylation sites (tertiary alicyclic amines) is 1. The molecule has 0 radical (unpaired) electrons. The summed E-state index contributed by atoms with van der Waals surface area (Å²) in [5.41, 5.74) is 4.90. The van der Waals surface area contributed by atoms with Crippen molar-refractivity contribution in [3.8, 4) is 0 Å². The highest BCUT2D eigenvalue weighted by molar-refractivity contribution is 5.72. The SMILES string of the molecule is C/C=C/c1ccc(C2=CCN(C(=O)OC(C)(C)C)CC2)cn1.CCCc1ccc(C2CCN(C(=O)OC(C)(C)C)CC2)cn1. The molecule has 0 atom stereocenters. The molecule has 0 spiro atoms. The Morgan fingerprint density at radius 1 is 0.886 bits per heavy atom. The van der Waals surface area contributed by atoms with Gasteiger partial charge in [-0.1, -0.05) is 37.6 Å². The van der Waals surface area contributed by atoms with Crippen molar-refractivity contribution in [3.05, 3.63) is 71.3 Å². The predicted octanol–water partition coefficient (Wildman–Crippen LogP) is 8.29. The Kier molecular flexibility index (Phi) is 12.6. The summed E-state index contributed by atoms with van der Waals surface area (Å²) in [5, 5.41) is 0. The Hall–Kier alpha value is -3.68. The molecule has 1 saturated heterocycles. The van der Waals surface area contributed by atoms with Crippen molar-refractivity contribution >= 4 is 23.8 Å². The molecule has 2 aromatic heterocycles. The van der Waals surface area contributed by atoms with Gasteiger partial charge in [-0.3, -0.25) is 9.97 Å². The first-order chi connectivity index (χ1) is 20.8. The normalized spacial score (nSPS) is 16.2. The molecule has 0 bridgehead atoms. The van der Waals surface area contributed by atoms with Gasteiger partial charge in [-0.15, -0.1) is 0 Å². The number of carbonyl (C=O) groups is 2. The highest BCUT2D eigenvalue weighted by Gasteiger charge is 2.28. The van der Waals surface area contributed by atoms with Crippen LogP contribution < -0.4 is 0 Å². The largest absolute Gasteiger partial charge is 0.444 e. The number of nitrogens with zero attached hydrogens (tertiary/aromatic N) is 4. The Labute approximate surface area is 264 Å². The van der Waals surface area contributed by atoms with Gasteiger partial charge in [0.2, 0.25) is 0 Å². The van der Waals surface area contributed by atoms with Crippen LogP contribution in [-0.4, -0.2) is 69.3 Å². The van der Waals surface area contributed by atoms with Crippen molar-refractivity contribution in [3.63, 3.8) is 0 Å². The predicted molar refractivity (Wildman–Crippen MR) is 177 cm³/mol. The number of allylic oxidation sites excluding steroid dienone is 1. The summed E-state index contributed by atoms with van der Waals surface area (Å²) in [6.07, 6.45) is 14.4. The molecule has 8 heteroatoms. The fraction of sp³-hybridized carbons (Fsp3) is 0.556. The second-order valence-corrected chi connectivity index (χ2v) is 13.5. The van der Waals surface area contributed by atoms with Crippen molar-refractivity contribution in [1.82, 2.24) is 19.8 Å². The molecule has 1 fully saturated rings. The molecular weight excluding hydrogens is 552 g/mol. The van der Waals surface area contributed by atoms with E-state index in [9.17, 15) is 9.59 Å². The molecule has 4 heterocycles. The number of aryl methyl sites for hydroxylation is 1. The third-order valence-corrected chi connectivity index (χ3v) is 7.33. The van der Waals surface area contributed by atoms with Crippen LogP contribution in [0.5, 0.6) is 0 Å². The summed E-state index contributed by atoms with van der Waals surface area (Å²) in [7, 11) is 0. The number of hydrogen-bond acceptors (Lipinski definition) is 6. The van der Waals surface area contributed by atoms with E-state index in [4.69, 9.17) is 9.47 Å². The monoisotopic (exact) mass is 604 g/mol. The minimum absolute atomic E-state index is 0.192. The molecule has 2 aromatic rings. The van der Waals surface area contributed by atoms with Gasteiger partial charge in [-0.05, 0) is 115 Å². The molecule has 4 rings (SSSR count). The maximum absolute atomic E-state index is 12.1. The van der Waals surface area contributed by atoms with Crippen LogP contribution in [0.15, 0.2) is 48.8 Å². The van der Waals surface area contributed by atoms with E-state index < -0.39 is 11.2 Å². The van der Waals surface area contributed by atoms with Crippen molar-refractivity contribution in [2.75, 3.05) is 26.2 Å². The molecule has 0 aromatic carbocycles. The summed E-state index contributed by atoms with van der Waals surface area (Å²) in [6, 6.07) is 8.43. The lowest BCUT2D eigenvalue weighted by molar-refractivity contribution is 0.0203. The summed E-state index contributed by atoms with van der Waals surface area (Å²) in [4.78, 5) is 36.6. The molecule has 2 aliphatic heterocycles. The second-order valence-electron chi connectivity index (χ2n) is 13.5. The molecule has 240 valence electrons. The van der Waals surface area contributed by atoms with E-state index in [1.165, 1.54) is 11.1 Å². The molecule has 2 aliphatic rings. The standard InChI is InChI=1S/C18H28N2O2.C18H24N2O2/c2*1-5-6-16-8-7-15(13-19-16)14-9-11-20(12-10-14)17(21)22-18(2,3)4/h7-8,13-14H,5-6,9-12H2,1-4H3;5-9,13H,10-12H2,1-4H3/b;6-5+. The smallest absolute Gasteiger partial charge is 0.410 e. The van der Waals surface area contributed by atoms with Gasteiger partial charge < -0.3 is 19.3 Å². The van der Waals surface area contributed by atoms with Gasteiger partial charge in [0.05, 0.1) is 5.69 Å². The molecule has 44 heavy (non-hydrogen) atoms. The van der Waals surface area contributed by atoms with Gasteiger partial charge in [-0.25, -0.2) is 9.59 Å². The number of amides is 2. The minimum atomic E-state index is -0.451. The third-order valence-electron chi connectivity index (χ3n) is 7.33. The first-order valence-electron chi connectivity index (χ1n) is 16.0. The van der Waals surface area contributed by atoms with Crippen molar-refractivity contribution in [2.24, 2.45) is 0 Å². The lowest BCUT2D eigenvalue weighted by Gasteiger charge is -2.33. The van der Waals surface area contributed by atoms with Gasteiger partial charge >= 0.3 is 12.2 Å². The lowest BCUT2D eigenvalue weighted by atomic mass is 9.90. The minimum Gasteiger partial charge on any atom is -0.444 e. The third kappa shape index (κ3) is 11.4. The Morgan fingerprint density at radius 3 is 2.02 bits per heavy atom. The van der Waals surface area contributed by atoms with E-state index in [0.717, 1.165) is 62.1 Å². The van der Waals surface area contributed by atoms with E-state index in [0.29, 0.717) is 19.0 Å². The van der Waals surface area contributed by atoms with Crippen molar-refractivity contribution in [2.45, 2.75) is 105 Å². The van der Waals surface area contributed by atoms with Crippen molar-refractivity contribution < 1.29 is 19.1 Å². The average molecular weight is 605 g/mol. The lowest BCUT2D eigenvalue weighted by Crippen LogP contribution is -2.41. The molecule has 0 unspecified atom stereocenters. The zero-order valence-corrected chi connectivity index (χ0v) is 28.1. The van der Waals surface area contributed by atoms with E-state index in [1.54, 1.807) is 4.90 Å². The highest BCUT2D eigenvalue weighted by atomic mass is 16.6. The number of pyridine rings is 2. The average Bonchev–Trinajstić information content (AvgIpc) is 2.97. The fourth-order valence-corrected chi connectivity index (χ4v) is 5.09. The van der Waals surface area contributed by atoms with E-state index in [-0.39, 0.29) is 12.2 Å². The van der Waals surface area contributed by atoms with Crippen LogP contribution in [0, 0.1) is 0 Å². The van der Waals surface area contributed by atoms with E-state index >= 15 is 0 Å². The first kappa shape index (κ1) is 34.8. The van der Waals surface area contributed by atoms with Crippen LogP contribution in [0.1, 0.15) is 110 Å². The number of ether oxygens (including phenoxy) is 2. The maximum atomic E-state index is 12.1. The number of carbonyl (C=O) groups excluding carboxylic acids is 2. The Bertz CT molecular complexity index is 1260. The molecule has 0 saturated carbocycles. The first-order valence-corrected chi connectivity index (χ1v) is 16.0. The highest BCUT2D eigenvalue weighted by Crippen LogP contribution is 2.28. The van der Waals surface area contributed by atoms with Crippen LogP contribution in [-0.2, 0) is 15.9 Å². The van der Waals surface area contributed by atoms with Gasteiger partial charge in [0.25, 0.3) is 0 Å². The van der Waals surface area contributed by atoms with Gasteiger partial charge in [-0.2, -0.15) is 0 Å². The molecule has 0 aliphatic carbocycles. The van der Waals surface area contributed by atoms with Gasteiger partial charge in [0, 0.05) is 44.3 Å². The number of hydrogen-bond donors (Lipinski definition) is 0. The maximum Gasteiger partial charge on any atom is 0.410 e. The second kappa shape index (κ2) is 15.9. The Balaban J connectivity index is 0.000000240. The van der Waals surface area contributed by atoms with Crippen LogP contribution in [0.2, 0.25) is 0 Å². The van der Waals surface area contributed by atoms with Crippen molar-refractivity contribution in [1.29, 1.82) is 0 Å². The van der Waals surface area contributed by atoms with Gasteiger partial charge in [0.15, 0.2) is 0 Å². The van der Waals surface area contributed by atoms with Crippen LogP contribution in [0.3, 0.4) is 0 Å². The Morgan fingerprint density at radius 2 is 1.55 bits per heavy atom. The number of piperidine rings is 1. The van der Waals surface area contributed by atoms with Gasteiger partial charge in [0.1, 0.15) is 11.2 Å². The zero-order valence-electron chi connectivity index (χ0n) is 28.1. The summed E-state index contributed by atoms with van der Waals surface area (Å²) >= 11 is 0. The number of aromatic nitrogens is 2. The molecule has 2 amide bonds.